The molecule has 0 aromatic heterocycles. The Morgan fingerprint density at radius 1 is 1.05 bits per heavy atom. The zero-order valence-corrected chi connectivity index (χ0v) is 11.4. The van der Waals surface area contributed by atoms with Gasteiger partial charge in [-0.3, -0.25) is 0 Å². The Morgan fingerprint density at radius 3 is 2.19 bits per heavy atom. The molecule has 2 aromatic carbocycles. The van der Waals surface area contributed by atoms with Gasteiger partial charge in [-0.05, 0) is 41.3 Å². The summed E-state index contributed by atoms with van der Waals surface area (Å²) in [5.74, 6) is -0.737. The van der Waals surface area contributed by atoms with E-state index in [1.54, 1.807) is 12.1 Å². The topological polar surface area (TPSA) is 26.0 Å². The Morgan fingerprint density at radius 2 is 1.67 bits per heavy atom. The monoisotopic (exact) mass is 297 g/mol. The predicted octanol–water partition coefficient (Wildman–Crippen LogP) is 4.46. The van der Waals surface area contributed by atoms with Gasteiger partial charge in [-0.25, -0.2) is 4.39 Å². The van der Waals surface area contributed by atoms with Gasteiger partial charge in [-0.2, -0.15) is 13.2 Å². The van der Waals surface area contributed by atoms with Gasteiger partial charge in [0.15, 0.2) is 0 Å². The van der Waals surface area contributed by atoms with Crippen molar-refractivity contribution in [3.63, 3.8) is 0 Å². The maximum absolute atomic E-state index is 13.3. The van der Waals surface area contributed by atoms with E-state index in [9.17, 15) is 17.6 Å². The van der Waals surface area contributed by atoms with Crippen LogP contribution in [0.4, 0.5) is 17.6 Å². The van der Waals surface area contributed by atoms with Crippen LogP contribution in [0, 0.1) is 5.82 Å². The highest BCUT2D eigenvalue weighted by Gasteiger charge is 2.35. The van der Waals surface area contributed by atoms with Gasteiger partial charge in [0.25, 0.3) is 0 Å². The van der Waals surface area contributed by atoms with Crippen LogP contribution in [-0.2, 0) is 12.6 Å². The molecule has 0 aliphatic heterocycles. The van der Waals surface area contributed by atoms with Crippen molar-refractivity contribution in [3.05, 3.63) is 70.5 Å². The Hall–Kier alpha value is -1.88. The minimum atomic E-state index is -4.57. The molecule has 5 heteroatoms. The first kappa shape index (κ1) is 15.5. The van der Waals surface area contributed by atoms with Gasteiger partial charge in [0.1, 0.15) is 5.82 Å². The molecule has 1 atom stereocenters. The molecular formula is C16H15F4N. The highest BCUT2D eigenvalue weighted by atomic mass is 19.4. The fraction of sp³-hybridized carbons (Fsp3) is 0.250. The smallest absolute Gasteiger partial charge is 0.320 e. The van der Waals surface area contributed by atoms with Crippen LogP contribution in [0.5, 0.6) is 0 Å². The van der Waals surface area contributed by atoms with Gasteiger partial charge in [0.05, 0.1) is 11.6 Å². The van der Waals surface area contributed by atoms with Crippen molar-refractivity contribution in [2.75, 3.05) is 0 Å². The molecule has 0 heterocycles. The van der Waals surface area contributed by atoms with Crippen LogP contribution >= 0.6 is 0 Å². The third-order valence-electron chi connectivity index (χ3n) is 3.40. The fourth-order valence-corrected chi connectivity index (χ4v) is 2.19. The molecule has 0 saturated heterocycles. The van der Waals surface area contributed by atoms with Crippen LogP contribution in [-0.4, -0.2) is 0 Å². The van der Waals surface area contributed by atoms with Crippen LogP contribution in [0.1, 0.15) is 35.2 Å². The lowest BCUT2D eigenvalue weighted by molar-refractivity contribution is -0.138. The second-order valence-corrected chi connectivity index (χ2v) is 4.80. The van der Waals surface area contributed by atoms with Crippen LogP contribution in [0.3, 0.4) is 0 Å². The van der Waals surface area contributed by atoms with E-state index in [-0.39, 0.29) is 5.56 Å². The van der Waals surface area contributed by atoms with Crippen LogP contribution in [0.2, 0.25) is 0 Å². The lowest BCUT2D eigenvalue weighted by Gasteiger charge is -2.19. The first-order valence-corrected chi connectivity index (χ1v) is 6.54. The summed E-state index contributed by atoms with van der Waals surface area (Å²) < 4.78 is 52.3. The second kappa shape index (κ2) is 5.85. The average Bonchev–Trinajstić information content (AvgIpc) is 2.45. The summed E-state index contributed by atoms with van der Waals surface area (Å²) in [6, 6.07) is 8.31. The Balaban J connectivity index is 2.46. The molecule has 0 radical (unpaired) electrons. The molecule has 0 bridgehead atoms. The summed E-state index contributed by atoms with van der Waals surface area (Å²) in [4.78, 5) is 0. The number of hydrogen-bond acceptors (Lipinski definition) is 1. The molecule has 21 heavy (non-hydrogen) atoms. The molecule has 0 saturated carbocycles. The van der Waals surface area contributed by atoms with Gasteiger partial charge in [0, 0.05) is 0 Å². The van der Waals surface area contributed by atoms with E-state index in [1.807, 2.05) is 19.1 Å². The van der Waals surface area contributed by atoms with Crippen molar-refractivity contribution in [1.29, 1.82) is 0 Å². The zero-order valence-electron chi connectivity index (χ0n) is 11.4. The second-order valence-electron chi connectivity index (χ2n) is 4.80. The van der Waals surface area contributed by atoms with E-state index in [1.165, 1.54) is 0 Å². The maximum atomic E-state index is 13.3. The molecule has 2 aromatic rings. The highest BCUT2D eigenvalue weighted by molar-refractivity contribution is 5.39. The number of benzene rings is 2. The SMILES string of the molecule is CCc1ccc(C(N)c2cc(F)ccc2C(F)(F)F)cc1. The maximum Gasteiger partial charge on any atom is 0.416 e. The lowest BCUT2D eigenvalue weighted by atomic mass is 9.94. The molecule has 2 rings (SSSR count). The Kier molecular flexibility index (Phi) is 4.32. The lowest BCUT2D eigenvalue weighted by Crippen LogP contribution is -2.18. The van der Waals surface area contributed by atoms with Crippen molar-refractivity contribution in [2.45, 2.75) is 25.6 Å². The van der Waals surface area contributed by atoms with Crippen molar-refractivity contribution < 1.29 is 17.6 Å². The van der Waals surface area contributed by atoms with E-state index >= 15 is 0 Å². The standard InChI is InChI=1S/C16H15F4N/c1-2-10-3-5-11(6-4-10)15(21)13-9-12(17)7-8-14(13)16(18,19)20/h3-9,15H,2,21H2,1H3. The van der Waals surface area contributed by atoms with Crippen molar-refractivity contribution in [2.24, 2.45) is 5.73 Å². The molecule has 0 aliphatic rings. The van der Waals surface area contributed by atoms with Crippen molar-refractivity contribution in [1.82, 2.24) is 0 Å². The summed E-state index contributed by atoms with van der Waals surface area (Å²) in [5, 5.41) is 0. The molecule has 0 fully saturated rings. The van der Waals surface area contributed by atoms with Gasteiger partial charge >= 0.3 is 6.18 Å². The minimum Gasteiger partial charge on any atom is -0.320 e. The van der Waals surface area contributed by atoms with Gasteiger partial charge in [0.2, 0.25) is 0 Å². The molecule has 2 N–H and O–H groups in total. The first-order valence-electron chi connectivity index (χ1n) is 6.54. The summed E-state index contributed by atoms with van der Waals surface area (Å²) in [7, 11) is 0. The Bertz CT molecular complexity index is 617. The fourth-order valence-electron chi connectivity index (χ4n) is 2.19. The van der Waals surface area contributed by atoms with Crippen LogP contribution in [0.15, 0.2) is 42.5 Å². The summed E-state index contributed by atoms with van der Waals surface area (Å²) >= 11 is 0. The minimum absolute atomic E-state index is 0.258. The molecule has 1 nitrogen and oxygen atoms in total. The summed E-state index contributed by atoms with van der Waals surface area (Å²) in [5.41, 5.74) is 6.32. The van der Waals surface area contributed by atoms with E-state index in [0.717, 1.165) is 30.2 Å². The molecule has 0 spiro atoms. The number of nitrogens with two attached hydrogens (primary N) is 1. The number of hydrogen-bond donors (Lipinski definition) is 1. The zero-order chi connectivity index (χ0) is 15.6. The molecule has 0 amide bonds. The van der Waals surface area contributed by atoms with Crippen molar-refractivity contribution >= 4 is 0 Å². The summed E-state index contributed by atoms with van der Waals surface area (Å²) in [6.07, 6.45) is -3.74. The molecule has 0 aliphatic carbocycles. The number of alkyl halides is 3. The summed E-state index contributed by atoms with van der Waals surface area (Å²) in [6.45, 7) is 1.98. The van der Waals surface area contributed by atoms with E-state index in [2.05, 4.69) is 0 Å². The third-order valence-corrected chi connectivity index (χ3v) is 3.40. The van der Waals surface area contributed by atoms with Gasteiger partial charge in [-0.1, -0.05) is 31.2 Å². The first-order chi connectivity index (χ1) is 9.82. The molecular weight excluding hydrogens is 282 g/mol. The molecule has 112 valence electrons. The number of halogens is 4. The Labute approximate surface area is 120 Å². The van der Waals surface area contributed by atoms with E-state index in [0.29, 0.717) is 5.56 Å². The predicted molar refractivity (Wildman–Crippen MR) is 73.3 cm³/mol. The number of aryl methyl sites for hydroxylation is 1. The van der Waals surface area contributed by atoms with E-state index < -0.39 is 23.6 Å². The van der Waals surface area contributed by atoms with Crippen molar-refractivity contribution in [3.8, 4) is 0 Å². The third kappa shape index (κ3) is 3.42. The average molecular weight is 297 g/mol. The van der Waals surface area contributed by atoms with Crippen LogP contribution < -0.4 is 5.73 Å². The number of rotatable bonds is 3. The molecule has 1 unspecified atom stereocenters. The van der Waals surface area contributed by atoms with E-state index in [4.69, 9.17) is 5.73 Å². The quantitative estimate of drug-likeness (QED) is 0.832. The van der Waals surface area contributed by atoms with Crippen LogP contribution in [0.25, 0.3) is 0 Å². The van der Waals surface area contributed by atoms with Gasteiger partial charge < -0.3 is 5.73 Å². The van der Waals surface area contributed by atoms with Gasteiger partial charge in [-0.15, -0.1) is 0 Å². The normalized spacial score (nSPS) is 13.2. The highest BCUT2D eigenvalue weighted by Crippen LogP contribution is 2.36. The largest absolute Gasteiger partial charge is 0.416 e.